The maximum Gasteiger partial charge on any atom is 0.514 e. The Kier molecular flexibility index (Phi) is 3.42. The van der Waals surface area contributed by atoms with E-state index in [2.05, 4.69) is 0 Å². The predicted molar refractivity (Wildman–Crippen MR) is 70.8 cm³/mol. The molecule has 0 spiro atoms. The zero-order valence-corrected chi connectivity index (χ0v) is 11.1. The minimum Gasteiger partial charge on any atom is -0.428 e. The van der Waals surface area contributed by atoms with Crippen molar-refractivity contribution in [3.05, 3.63) is 42.2 Å². The highest BCUT2D eigenvalue weighted by atomic mass is 18.2. The molecule has 0 aliphatic rings. The van der Waals surface area contributed by atoms with Gasteiger partial charge in [0.2, 0.25) is 0 Å². The number of rotatable bonds is 1. The highest BCUT2D eigenvalue weighted by Gasteiger charge is 2.19. The average Bonchev–Trinajstić information content (AvgIpc) is 2.31. The Bertz CT molecular complexity index is 614. The lowest BCUT2D eigenvalue weighted by Gasteiger charge is -2.19. The van der Waals surface area contributed by atoms with Crippen molar-refractivity contribution in [1.29, 1.82) is 0 Å². The first kappa shape index (κ1) is 13.3. The lowest BCUT2D eigenvalue weighted by Crippen LogP contribution is -2.26. The summed E-state index contributed by atoms with van der Waals surface area (Å²) in [6.07, 6.45) is -0.802. The molecule has 19 heavy (non-hydrogen) atoms. The lowest BCUT2D eigenvalue weighted by molar-refractivity contribution is 0.0209. The summed E-state index contributed by atoms with van der Waals surface area (Å²) in [5.41, 5.74) is -0.632. The second-order valence-corrected chi connectivity index (χ2v) is 5.16. The highest BCUT2D eigenvalue weighted by Crippen LogP contribution is 2.28. The molecule has 0 saturated carbocycles. The third-order valence-electron chi connectivity index (χ3n) is 2.41. The van der Waals surface area contributed by atoms with Crippen molar-refractivity contribution >= 4 is 16.9 Å². The summed E-state index contributed by atoms with van der Waals surface area (Å²) >= 11 is 0. The lowest BCUT2D eigenvalue weighted by atomic mass is 10.1. The molecule has 100 valence electrons. The molecule has 3 nitrogen and oxygen atoms in total. The standard InChI is InChI=1S/C15H15FO3/c1-15(2,3)19-14(17)18-13-9-8-12(16)10-6-4-5-7-11(10)13/h4-9H,1-3H3/i16-1. The van der Waals surface area contributed by atoms with Crippen molar-refractivity contribution in [2.75, 3.05) is 0 Å². The average molecular weight is 261 g/mol. The molecule has 0 radical (unpaired) electrons. The summed E-state index contributed by atoms with van der Waals surface area (Å²) in [6, 6.07) is 9.49. The van der Waals surface area contributed by atoms with E-state index in [1.165, 1.54) is 12.1 Å². The third-order valence-corrected chi connectivity index (χ3v) is 2.41. The number of fused-ring (bicyclic) bond motifs is 1. The number of halogens is 1. The van der Waals surface area contributed by atoms with Crippen LogP contribution in [0.1, 0.15) is 20.8 Å². The van der Waals surface area contributed by atoms with E-state index in [0.29, 0.717) is 10.8 Å². The fourth-order valence-electron chi connectivity index (χ4n) is 1.68. The van der Waals surface area contributed by atoms with Crippen LogP contribution in [0.4, 0.5) is 9.18 Å². The Morgan fingerprint density at radius 2 is 1.68 bits per heavy atom. The van der Waals surface area contributed by atoms with E-state index < -0.39 is 11.8 Å². The Morgan fingerprint density at radius 1 is 1.05 bits per heavy atom. The summed E-state index contributed by atoms with van der Waals surface area (Å²) < 4.78 is 23.8. The molecule has 0 amide bonds. The van der Waals surface area contributed by atoms with E-state index >= 15 is 0 Å². The van der Waals surface area contributed by atoms with Gasteiger partial charge in [0.15, 0.2) is 0 Å². The second kappa shape index (κ2) is 4.88. The Hall–Kier alpha value is -2.10. The van der Waals surface area contributed by atoms with Gasteiger partial charge >= 0.3 is 6.16 Å². The topological polar surface area (TPSA) is 35.5 Å². The predicted octanol–water partition coefficient (Wildman–Crippen LogP) is 4.29. The van der Waals surface area contributed by atoms with Crippen LogP contribution < -0.4 is 4.74 Å². The molecular formula is C15H15FO3. The maximum atomic E-state index is 13.6. The number of hydrogen-bond acceptors (Lipinski definition) is 3. The fourth-order valence-corrected chi connectivity index (χ4v) is 1.68. The van der Waals surface area contributed by atoms with Gasteiger partial charge in [0.05, 0.1) is 0 Å². The van der Waals surface area contributed by atoms with Gasteiger partial charge in [-0.05, 0) is 32.9 Å². The Balaban J connectivity index is 2.31. The minimum atomic E-state index is -0.802. The smallest absolute Gasteiger partial charge is 0.428 e. The van der Waals surface area contributed by atoms with E-state index in [1.54, 1.807) is 45.0 Å². The molecule has 0 heterocycles. The second-order valence-electron chi connectivity index (χ2n) is 5.16. The molecule has 0 aromatic heterocycles. The van der Waals surface area contributed by atoms with Crippen molar-refractivity contribution in [2.45, 2.75) is 26.4 Å². The van der Waals surface area contributed by atoms with Gasteiger partial charge in [-0.2, -0.15) is 0 Å². The molecule has 0 N–H and O–H groups in total. The van der Waals surface area contributed by atoms with Crippen LogP contribution in [0, 0.1) is 5.82 Å². The Labute approximate surface area is 110 Å². The van der Waals surface area contributed by atoms with E-state index in [4.69, 9.17) is 9.47 Å². The summed E-state index contributed by atoms with van der Waals surface area (Å²) in [5, 5.41) is 0.942. The van der Waals surface area contributed by atoms with Crippen molar-refractivity contribution < 1.29 is 18.7 Å². The zero-order chi connectivity index (χ0) is 14.0. The first-order chi connectivity index (χ1) is 8.87. The van der Waals surface area contributed by atoms with Crippen molar-refractivity contribution in [3.63, 3.8) is 0 Å². The van der Waals surface area contributed by atoms with Crippen LogP contribution in [0.15, 0.2) is 36.4 Å². The summed E-state index contributed by atoms with van der Waals surface area (Å²) in [4.78, 5) is 11.6. The quantitative estimate of drug-likeness (QED) is 0.567. The fraction of sp³-hybridized carbons (Fsp3) is 0.267. The van der Waals surface area contributed by atoms with Gasteiger partial charge in [-0.1, -0.05) is 24.3 Å². The molecule has 0 bridgehead atoms. The van der Waals surface area contributed by atoms with Crippen LogP contribution in [0.2, 0.25) is 0 Å². The monoisotopic (exact) mass is 261 g/mol. The normalized spacial score (nSPS) is 11.4. The summed E-state index contributed by atoms with van der Waals surface area (Å²) in [7, 11) is 0. The number of carbonyl (C=O) groups excluding carboxylic acids is 1. The molecule has 0 atom stereocenters. The molecule has 0 aliphatic carbocycles. The van der Waals surface area contributed by atoms with Crippen LogP contribution in [-0.4, -0.2) is 11.8 Å². The first-order valence-corrected chi connectivity index (χ1v) is 5.95. The van der Waals surface area contributed by atoms with Crippen LogP contribution in [0.25, 0.3) is 10.8 Å². The third kappa shape index (κ3) is 3.22. The van der Waals surface area contributed by atoms with Gasteiger partial charge in [-0.3, -0.25) is 0 Å². The largest absolute Gasteiger partial charge is 0.514 e. The van der Waals surface area contributed by atoms with Crippen molar-refractivity contribution in [3.8, 4) is 5.75 Å². The molecule has 0 saturated heterocycles. The molecule has 2 aromatic rings. The molecule has 0 aliphatic heterocycles. The molecule has 2 rings (SSSR count). The number of benzene rings is 2. The first-order valence-electron chi connectivity index (χ1n) is 5.95. The van der Waals surface area contributed by atoms with Gasteiger partial charge in [0.25, 0.3) is 0 Å². The van der Waals surface area contributed by atoms with E-state index in [0.717, 1.165) is 0 Å². The SMILES string of the molecule is CC(C)(C)OC(=O)Oc1ccc([18F])c2ccccc12. The van der Waals surface area contributed by atoms with Gasteiger partial charge in [-0.15, -0.1) is 0 Å². The zero-order valence-electron chi connectivity index (χ0n) is 11.1. The summed E-state index contributed by atoms with van der Waals surface area (Å²) in [5.74, 6) is -0.0709. The van der Waals surface area contributed by atoms with Gasteiger partial charge in [-0.25, -0.2) is 9.18 Å². The summed E-state index contributed by atoms with van der Waals surface area (Å²) in [6.45, 7) is 5.24. The molecule has 0 fully saturated rings. The van der Waals surface area contributed by atoms with E-state index in [9.17, 15) is 9.18 Å². The van der Waals surface area contributed by atoms with Crippen LogP contribution >= 0.6 is 0 Å². The molecular weight excluding hydrogens is 246 g/mol. The minimum absolute atomic E-state index is 0.284. The van der Waals surface area contributed by atoms with Crippen molar-refractivity contribution in [1.82, 2.24) is 0 Å². The van der Waals surface area contributed by atoms with Gasteiger partial charge < -0.3 is 9.47 Å². The molecule has 2 aromatic carbocycles. The van der Waals surface area contributed by atoms with E-state index in [1.807, 2.05) is 0 Å². The number of hydrogen-bond donors (Lipinski definition) is 0. The Morgan fingerprint density at radius 3 is 2.32 bits per heavy atom. The molecule has 0 unspecified atom stereocenters. The highest BCUT2D eigenvalue weighted by molar-refractivity contribution is 5.90. The number of ether oxygens (including phenoxy) is 2. The maximum absolute atomic E-state index is 13.6. The molecule has 4 heteroatoms. The number of carbonyl (C=O) groups is 1. The van der Waals surface area contributed by atoms with E-state index in [-0.39, 0.29) is 11.6 Å². The van der Waals surface area contributed by atoms with Crippen molar-refractivity contribution in [2.24, 2.45) is 0 Å². The van der Waals surface area contributed by atoms with Crippen LogP contribution in [0.3, 0.4) is 0 Å². The van der Waals surface area contributed by atoms with Gasteiger partial charge in [0, 0.05) is 10.8 Å². The van der Waals surface area contributed by atoms with Crippen LogP contribution in [0.5, 0.6) is 5.75 Å². The van der Waals surface area contributed by atoms with Gasteiger partial charge in [0.1, 0.15) is 17.2 Å². The van der Waals surface area contributed by atoms with Crippen LogP contribution in [-0.2, 0) is 4.74 Å².